The van der Waals surface area contributed by atoms with Crippen LogP contribution >= 0.6 is 0 Å². The van der Waals surface area contributed by atoms with E-state index in [1.54, 1.807) is 18.2 Å². The van der Waals surface area contributed by atoms with Crippen LogP contribution in [0, 0.1) is 21.4 Å². The van der Waals surface area contributed by atoms with Crippen molar-refractivity contribution in [2.24, 2.45) is 11.3 Å². The molecule has 0 saturated heterocycles. The summed E-state index contributed by atoms with van der Waals surface area (Å²) in [7, 11) is 0. The van der Waals surface area contributed by atoms with Crippen LogP contribution < -0.4 is 5.32 Å². The highest BCUT2D eigenvalue weighted by Crippen LogP contribution is 2.28. The minimum absolute atomic E-state index is 0.165. The van der Waals surface area contributed by atoms with E-state index in [-0.39, 0.29) is 22.1 Å². The lowest BCUT2D eigenvalue weighted by Crippen LogP contribution is -2.35. The normalized spacial score (nSPS) is 13.4. The first kappa shape index (κ1) is 17.6. The van der Waals surface area contributed by atoms with Crippen molar-refractivity contribution in [3.63, 3.8) is 0 Å². The third-order valence-electron chi connectivity index (χ3n) is 4.43. The molecule has 4 heteroatoms. The van der Waals surface area contributed by atoms with E-state index < -0.39 is 0 Å². The average molecular weight is 292 g/mol. The Labute approximate surface area is 128 Å². The topological polar surface area (TPSA) is 55.2 Å². The predicted octanol–water partition coefficient (Wildman–Crippen LogP) is 4.71. The smallest absolute Gasteiger partial charge is 0.269 e. The van der Waals surface area contributed by atoms with E-state index in [0.717, 1.165) is 24.9 Å². The fraction of sp³-hybridized carbons (Fsp3) is 0.647. The van der Waals surface area contributed by atoms with Gasteiger partial charge in [-0.05, 0) is 23.3 Å². The molecule has 0 radical (unpaired) electrons. The van der Waals surface area contributed by atoms with Gasteiger partial charge in [-0.1, -0.05) is 53.2 Å². The molecule has 118 valence electrons. The maximum atomic E-state index is 10.9. The molecule has 0 bridgehead atoms. The van der Waals surface area contributed by atoms with E-state index in [1.807, 2.05) is 6.07 Å². The number of benzene rings is 1. The quantitative estimate of drug-likeness (QED) is 0.557. The molecule has 1 unspecified atom stereocenters. The van der Waals surface area contributed by atoms with Gasteiger partial charge in [-0.15, -0.1) is 0 Å². The van der Waals surface area contributed by atoms with E-state index >= 15 is 0 Å². The van der Waals surface area contributed by atoms with Crippen molar-refractivity contribution in [3.05, 3.63) is 39.9 Å². The highest BCUT2D eigenvalue weighted by atomic mass is 16.6. The van der Waals surface area contributed by atoms with Crippen molar-refractivity contribution < 1.29 is 4.92 Å². The summed E-state index contributed by atoms with van der Waals surface area (Å²) in [6.45, 7) is 12.0. The molecule has 0 saturated carbocycles. The Morgan fingerprint density at radius 2 is 2.00 bits per heavy atom. The molecule has 0 aromatic heterocycles. The van der Waals surface area contributed by atoms with Crippen molar-refractivity contribution in [1.82, 2.24) is 5.32 Å². The zero-order valence-electron chi connectivity index (χ0n) is 13.8. The number of rotatable bonds is 8. The van der Waals surface area contributed by atoms with Crippen LogP contribution in [0.4, 0.5) is 5.69 Å². The second kappa shape index (κ2) is 7.55. The number of nitro benzene ring substituents is 1. The second-order valence-corrected chi connectivity index (χ2v) is 6.72. The standard InChI is InChI=1S/C17H28N2O2/c1-6-8-16(18-12-17(4,5)13(2)3)14-9-7-10-15(11-14)19(20)21/h7,9-11,13,16,18H,6,8,12H2,1-5H3. The van der Waals surface area contributed by atoms with Crippen LogP contribution in [-0.4, -0.2) is 11.5 Å². The van der Waals surface area contributed by atoms with Gasteiger partial charge in [-0.25, -0.2) is 0 Å². The van der Waals surface area contributed by atoms with E-state index in [4.69, 9.17) is 0 Å². The summed E-state index contributed by atoms with van der Waals surface area (Å²) in [5, 5.41) is 14.5. The van der Waals surface area contributed by atoms with Crippen LogP contribution in [0.2, 0.25) is 0 Å². The third kappa shape index (κ3) is 5.12. The molecular formula is C17H28N2O2. The average Bonchev–Trinajstić information content (AvgIpc) is 2.43. The Hall–Kier alpha value is -1.42. The fourth-order valence-electron chi connectivity index (χ4n) is 2.12. The second-order valence-electron chi connectivity index (χ2n) is 6.72. The molecule has 4 nitrogen and oxygen atoms in total. The predicted molar refractivity (Wildman–Crippen MR) is 87.4 cm³/mol. The highest BCUT2D eigenvalue weighted by molar-refractivity contribution is 5.35. The molecule has 0 aliphatic rings. The van der Waals surface area contributed by atoms with Crippen molar-refractivity contribution in [3.8, 4) is 0 Å². The number of hydrogen-bond donors (Lipinski definition) is 1. The minimum atomic E-state index is -0.329. The van der Waals surface area contributed by atoms with E-state index in [9.17, 15) is 10.1 Å². The summed E-state index contributed by atoms with van der Waals surface area (Å²) in [4.78, 5) is 10.6. The zero-order valence-corrected chi connectivity index (χ0v) is 13.8. The molecule has 0 aliphatic carbocycles. The SMILES string of the molecule is CCCC(NCC(C)(C)C(C)C)c1cccc([N+](=O)[O-])c1. The van der Waals surface area contributed by atoms with E-state index in [0.29, 0.717) is 5.92 Å². The molecule has 1 atom stereocenters. The van der Waals surface area contributed by atoms with Crippen molar-refractivity contribution in [2.45, 2.75) is 53.5 Å². The van der Waals surface area contributed by atoms with E-state index in [1.165, 1.54) is 0 Å². The van der Waals surface area contributed by atoms with Gasteiger partial charge in [0.15, 0.2) is 0 Å². The Balaban J connectivity index is 2.86. The summed E-state index contributed by atoms with van der Waals surface area (Å²) < 4.78 is 0. The Morgan fingerprint density at radius 1 is 1.33 bits per heavy atom. The van der Waals surface area contributed by atoms with Gasteiger partial charge in [-0.3, -0.25) is 10.1 Å². The maximum Gasteiger partial charge on any atom is 0.269 e. The first-order chi connectivity index (χ1) is 9.77. The number of nitrogens with zero attached hydrogens (tertiary/aromatic N) is 1. The summed E-state index contributed by atoms with van der Waals surface area (Å²) in [5.41, 5.74) is 1.37. The van der Waals surface area contributed by atoms with Gasteiger partial charge in [0.25, 0.3) is 5.69 Å². The fourth-order valence-corrected chi connectivity index (χ4v) is 2.12. The van der Waals surface area contributed by atoms with Crippen molar-refractivity contribution >= 4 is 5.69 Å². The summed E-state index contributed by atoms with van der Waals surface area (Å²) in [6, 6.07) is 7.15. The minimum Gasteiger partial charge on any atom is -0.309 e. The Kier molecular flexibility index (Phi) is 6.34. The number of hydrogen-bond acceptors (Lipinski definition) is 3. The van der Waals surface area contributed by atoms with E-state index in [2.05, 4.69) is 39.9 Å². The first-order valence-electron chi connectivity index (χ1n) is 7.75. The monoisotopic (exact) mass is 292 g/mol. The molecule has 0 fully saturated rings. The molecule has 1 rings (SSSR count). The number of nitro groups is 1. The van der Waals surface area contributed by atoms with Gasteiger partial charge in [0, 0.05) is 24.7 Å². The van der Waals surface area contributed by atoms with Gasteiger partial charge < -0.3 is 5.32 Å². The van der Waals surface area contributed by atoms with Crippen LogP contribution in [0.1, 0.15) is 59.1 Å². The molecule has 0 aliphatic heterocycles. The van der Waals surface area contributed by atoms with Crippen LogP contribution in [0.5, 0.6) is 0 Å². The molecule has 21 heavy (non-hydrogen) atoms. The number of nitrogens with one attached hydrogen (secondary N) is 1. The Bertz CT molecular complexity index is 470. The van der Waals surface area contributed by atoms with Gasteiger partial charge in [-0.2, -0.15) is 0 Å². The largest absolute Gasteiger partial charge is 0.309 e. The molecule has 1 N–H and O–H groups in total. The summed E-state index contributed by atoms with van der Waals surface area (Å²) in [5.74, 6) is 0.581. The first-order valence-corrected chi connectivity index (χ1v) is 7.75. The summed E-state index contributed by atoms with van der Waals surface area (Å²) >= 11 is 0. The molecular weight excluding hydrogens is 264 g/mol. The van der Waals surface area contributed by atoms with Crippen molar-refractivity contribution in [2.75, 3.05) is 6.54 Å². The van der Waals surface area contributed by atoms with Crippen LogP contribution in [0.3, 0.4) is 0 Å². The lowest BCUT2D eigenvalue weighted by Gasteiger charge is -2.32. The molecule has 0 amide bonds. The zero-order chi connectivity index (χ0) is 16.0. The number of non-ortho nitro benzene ring substituents is 1. The molecule has 1 aromatic carbocycles. The van der Waals surface area contributed by atoms with Gasteiger partial charge >= 0.3 is 0 Å². The van der Waals surface area contributed by atoms with Crippen LogP contribution in [0.15, 0.2) is 24.3 Å². The highest BCUT2D eigenvalue weighted by Gasteiger charge is 2.24. The molecule has 1 aromatic rings. The maximum absolute atomic E-state index is 10.9. The van der Waals surface area contributed by atoms with Gasteiger partial charge in [0.05, 0.1) is 4.92 Å². The van der Waals surface area contributed by atoms with Gasteiger partial charge in [0.2, 0.25) is 0 Å². The van der Waals surface area contributed by atoms with Crippen LogP contribution in [-0.2, 0) is 0 Å². The van der Waals surface area contributed by atoms with Crippen molar-refractivity contribution in [1.29, 1.82) is 0 Å². The molecule has 0 spiro atoms. The Morgan fingerprint density at radius 3 is 2.52 bits per heavy atom. The third-order valence-corrected chi connectivity index (χ3v) is 4.43. The summed E-state index contributed by atoms with van der Waals surface area (Å²) in [6.07, 6.45) is 2.03. The lowest BCUT2D eigenvalue weighted by atomic mass is 9.81. The van der Waals surface area contributed by atoms with Crippen LogP contribution in [0.25, 0.3) is 0 Å². The molecule has 0 heterocycles. The lowest BCUT2D eigenvalue weighted by molar-refractivity contribution is -0.384. The van der Waals surface area contributed by atoms with Gasteiger partial charge in [0.1, 0.15) is 0 Å².